The van der Waals surface area contributed by atoms with Crippen molar-refractivity contribution >= 4 is 21.8 Å². The number of nitrogens with zero attached hydrogens (tertiary/aromatic N) is 4. The molecule has 2 saturated heterocycles. The van der Waals surface area contributed by atoms with E-state index in [4.69, 9.17) is 9.97 Å². The van der Waals surface area contributed by atoms with E-state index in [9.17, 15) is 0 Å². The minimum Gasteiger partial charge on any atom is -0.314 e. The van der Waals surface area contributed by atoms with Gasteiger partial charge in [-0.15, -0.1) is 0 Å². The Kier molecular flexibility index (Phi) is 8.29. The Morgan fingerprint density at radius 2 is 0.853 bits per heavy atom. The highest BCUT2D eigenvalue weighted by Crippen LogP contribution is 2.24. The van der Waals surface area contributed by atoms with Crippen LogP contribution in [0.4, 0.5) is 0 Å². The zero-order valence-electron chi connectivity index (χ0n) is 20.2. The summed E-state index contributed by atoms with van der Waals surface area (Å²) in [4.78, 5) is 15.2. The molecular weight excluding hydrogens is 424 g/mol. The van der Waals surface area contributed by atoms with Crippen molar-refractivity contribution in [1.82, 2.24) is 41.0 Å². The van der Waals surface area contributed by atoms with Crippen LogP contribution < -0.4 is 21.3 Å². The van der Waals surface area contributed by atoms with E-state index in [1.54, 1.807) is 0 Å². The number of aromatic nitrogens is 2. The molecule has 182 valence electrons. The van der Waals surface area contributed by atoms with Gasteiger partial charge in [0.2, 0.25) is 0 Å². The fourth-order valence-corrected chi connectivity index (χ4v) is 4.82. The molecule has 0 atom stereocenters. The molecule has 3 aromatic rings. The third-order valence-electron chi connectivity index (χ3n) is 6.78. The summed E-state index contributed by atoms with van der Waals surface area (Å²) in [6.45, 7) is 14.1. The van der Waals surface area contributed by atoms with Gasteiger partial charge in [-0.25, -0.2) is 9.97 Å². The zero-order valence-corrected chi connectivity index (χ0v) is 20.2. The van der Waals surface area contributed by atoms with Crippen LogP contribution in [0.5, 0.6) is 0 Å². The van der Waals surface area contributed by atoms with E-state index in [-0.39, 0.29) is 0 Å². The number of benzene rings is 1. The molecule has 2 aromatic heterocycles. The summed E-state index contributed by atoms with van der Waals surface area (Å²) in [6, 6.07) is 13.1. The summed E-state index contributed by atoms with van der Waals surface area (Å²) < 4.78 is 0. The Morgan fingerprint density at radius 1 is 0.500 bits per heavy atom. The van der Waals surface area contributed by atoms with Gasteiger partial charge in [-0.05, 0) is 12.1 Å². The van der Waals surface area contributed by atoms with Crippen molar-refractivity contribution in [1.29, 1.82) is 0 Å². The van der Waals surface area contributed by atoms with E-state index in [0.717, 1.165) is 125 Å². The van der Waals surface area contributed by atoms with Gasteiger partial charge in [0.1, 0.15) is 0 Å². The van der Waals surface area contributed by atoms with E-state index in [0.29, 0.717) is 0 Å². The first-order valence-electron chi connectivity index (χ1n) is 12.8. The third-order valence-corrected chi connectivity index (χ3v) is 6.78. The van der Waals surface area contributed by atoms with Crippen molar-refractivity contribution in [2.75, 3.05) is 78.5 Å². The predicted molar refractivity (Wildman–Crippen MR) is 139 cm³/mol. The van der Waals surface area contributed by atoms with E-state index < -0.39 is 0 Å². The van der Waals surface area contributed by atoms with Gasteiger partial charge in [0, 0.05) is 102 Å². The molecule has 4 heterocycles. The predicted octanol–water partition coefficient (Wildman–Crippen LogP) is 0.773. The third kappa shape index (κ3) is 6.27. The average Bonchev–Trinajstić information content (AvgIpc) is 3.08. The molecule has 0 aliphatic carbocycles. The Bertz CT molecular complexity index is 967. The molecule has 34 heavy (non-hydrogen) atoms. The highest BCUT2D eigenvalue weighted by Gasteiger charge is 2.13. The van der Waals surface area contributed by atoms with Crippen LogP contribution in [0.1, 0.15) is 11.4 Å². The molecule has 1 aromatic carbocycles. The second-order valence-electron chi connectivity index (χ2n) is 9.37. The van der Waals surface area contributed by atoms with Gasteiger partial charge in [-0.2, -0.15) is 0 Å². The van der Waals surface area contributed by atoms with Crippen LogP contribution in [0.3, 0.4) is 0 Å². The van der Waals surface area contributed by atoms with Gasteiger partial charge in [0.15, 0.2) is 0 Å². The maximum Gasteiger partial charge on any atom is 0.0968 e. The summed E-state index contributed by atoms with van der Waals surface area (Å²) in [5.74, 6) is 0. The van der Waals surface area contributed by atoms with Crippen LogP contribution >= 0.6 is 0 Å². The SMILES string of the molecule is c1cc2ccc3ccc(CN4CCNCCNCC4)nc3c2nc1CN1CCNCCNCC1. The van der Waals surface area contributed by atoms with Crippen molar-refractivity contribution in [3.63, 3.8) is 0 Å². The van der Waals surface area contributed by atoms with Crippen molar-refractivity contribution in [3.8, 4) is 0 Å². The number of fused-ring (bicyclic) bond motifs is 3. The molecule has 0 saturated carbocycles. The fourth-order valence-electron chi connectivity index (χ4n) is 4.82. The smallest absolute Gasteiger partial charge is 0.0968 e. The van der Waals surface area contributed by atoms with Gasteiger partial charge in [-0.3, -0.25) is 9.80 Å². The molecule has 0 radical (unpaired) electrons. The summed E-state index contributed by atoms with van der Waals surface area (Å²) in [6.07, 6.45) is 0. The van der Waals surface area contributed by atoms with Crippen molar-refractivity contribution in [2.24, 2.45) is 0 Å². The van der Waals surface area contributed by atoms with Crippen LogP contribution in [0.2, 0.25) is 0 Å². The lowest BCUT2D eigenvalue weighted by molar-refractivity contribution is 0.269. The Hall–Kier alpha value is -2.20. The monoisotopic (exact) mass is 462 g/mol. The fraction of sp³-hybridized carbons (Fsp3) is 0.538. The van der Waals surface area contributed by atoms with E-state index in [1.807, 2.05) is 0 Å². The number of rotatable bonds is 4. The van der Waals surface area contributed by atoms with Crippen LogP contribution in [0.25, 0.3) is 21.8 Å². The lowest BCUT2D eigenvalue weighted by Crippen LogP contribution is -2.33. The molecule has 5 rings (SSSR count). The second-order valence-corrected chi connectivity index (χ2v) is 9.37. The van der Waals surface area contributed by atoms with Crippen LogP contribution in [0, 0.1) is 0 Å². The lowest BCUT2D eigenvalue weighted by atomic mass is 10.1. The summed E-state index contributed by atoms with van der Waals surface area (Å²) >= 11 is 0. The van der Waals surface area contributed by atoms with Gasteiger partial charge >= 0.3 is 0 Å². The summed E-state index contributed by atoms with van der Waals surface area (Å²) in [5, 5.41) is 16.3. The molecule has 2 aliphatic rings. The van der Waals surface area contributed by atoms with Gasteiger partial charge in [-0.1, -0.05) is 24.3 Å². The largest absolute Gasteiger partial charge is 0.314 e. The minimum absolute atomic E-state index is 0.864. The standard InChI is InChI=1S/C26H38N8/c1-2-22-4-6-24(20-34-17-13-29-9-10-30-14-18-34)32-26(22)25-21(1)3-5-23(31-25)19-33-15-11-27-7-8-28-12-16-33/h1-6,27-30H,7-20H2. The maximum absolute atomic E-state index is 5.12. The minimum atomic E-state index is 0.864. The molecule has 2 fully saturated rings. The second kappa shape index (κ2) is 12.0. The first-order chi connectivity index (χ1) is 16.8. The average molecular weight is 463 g/mol. The van der Waals surface area contributed by atoms with Crippen molar-refractivity contribution < 1.29 is 0 Å². The summed E-state index contributed by atoms with van der Waals surface area (Å²) in [5.41, 5.74) is 4.27. The zero-order chi connectivity index (χ0) is 23.0. The van der Waals surface area contributed by atoms with Crippen LogP contribution in [0.15, 0.2) is 36.4 Å². The van der Waals surface area contributed by atoms with Crippen molar-refractivity contribution in [3.05, 3.63) is 47.8 Å². The molecule has 2 aliphatic heterocycles. The molecular formula is C26H38N8. The number of pyridine rings is 2. The Balaban J connectivity index is 1.37. The number of hydrogen-bond donors (Lipinski definition) is 4. The van der Waals surface area contributed by atoms with Crippen LogP contribution in [-0.2, 0) is 13.1 Å². The first kappa shape index (κ1) is 23.5. The Morgan fingerprint density at radius 3 is 1.24 bits per heavy atom. The van der Waals surface area contributed by atoms with Gasteiger partial charge in [0.05, 0.1) is 22.4 Å². The highest BCUT2D eigenvalue weighted by molar-refractivity contribution is 6.02. The number of nitrogens with one attached hydrogen (secondary N) is 4. The highest BCUT2D eigenvalue weighted by atomic mass is 15.2. The normalized spacial score (nSPS) is 20.2. The maximum atomic E-state index is 5.12. The van der Waals surface area contributed by atoms with Crippen molar-refractivity contribution in [2.45, 2.75) is 13.1 Å². The molecule has 0 spiro atoms. The molecule has 0 amide bonds. The molecule has 8 heteroatoms. The molecule has 0 unspecified atom stereocenters. The first-order valence-corrected chi connectivity index (χ1v) is 12.8. The topological polar surface area (TPSA) is 80.4 Å². The number of hydrogen-bond acceptors (Lipinski definition) is 8. The Labute approximate surface area is 202 Å². The molecule has 4 N–H and O–H groups in total. The summed E-state index contributed by atoms with van der Waals surface area (Å²) in [7, 11) is 0. The van der Waals surface area contributed by atoms with Gasteiger partial charge < -0.3 is 21.3 Å². The molecule has 0 bridgehead atoms. The van der Waals surface area contributed by atoms with E-state index in [1.165, 1.54) is 0 Å². The quantitative estimate of drug-likeness (QED) is 0.424. The molecule has 8 nitrogen and oxygen atoms in total. The lowest BCUT2D eigenvalue weighted by Gasteiger charge is -2.22. The van der Waals surface area contributed by atoms with E-state index >= 15 is 0 Å². The van der Waals surface area contributed by atoms with E-state index in [2.05, 4.69) is 67.5 Å². The van der Waals surface area contributed by atoms with Gasteiger partial charge in [0.25, 0.3) is 0 Å². The van der Waals surface area contributed by atoms with Crippen LogP contribution in [-0.4, -0.2) is 98.3 Å².